The van der Waals surface area contributed by atoms with E-state index in [4.69, 9.17) is 9.47 Å². The van der Waals surface area contributed by atoms with Crippen molar-refractivity contribution in [3.8, 4) is 5.75 Å². The van der Waals surface area contributed by atoms with Crippen molar-refractivity contribution in [2.75, 3.05) is 33.9 Å². The zero-order chi connectivity index (χ0) is 18.9. The smallest absolute Gasteiger partial charge is 0.193 e. The molecule has 3 rings (SSSR count). The highest BCUT2D eigenvalue weighted by molar-refractivity contribution is 5.80. The van der Waals surface area contributed by atoms with Crippen molar-refractivity contribution < 1.29 is 9.47 Å². The largest absolute Gasteiger partial charge is 0.497 e. The van der Waals surface area contributed by atoms with Gasteiger partial charge in [0.1, 0.15) is 5.75 Å². The molecule has 0 spiro atoms. The van der Waals surface area contributed by atoms with Gasteiger partial charge in [-0.05, 0) is 29.7 Å². The molecule has 1 heterocycles. The number of aliphatic imine (C=N–C) groups is 1. The third-order valence-electron chi connectivity index (χ3n) is 4.87. The summed E-state index contributed by atoms with van der Waals surface area (Å²) < 4.78 is 11.1. The van der Waals surface area contributed by atoms with Crippen molar-refractivity contribution in [3.63, 3.8) is 0 Å². The molecule has 1 aliphatic heterocycles. The number of hydrogen-bond acceptors (Lipinski definition) is 3. The van der Waals surface area contributed by atoms with E-state index in [9.17, 15) is 0 Å². The van der Waals surface area contributed by atoms with Gasteiger partial charge >= 0.3 is 0 Å². The van der Waals surface area contributed by atoms with Gasteiger partial charge in [0.25, 0.3) is 0 Å². The third kappa shape index (κ3) is 5.73. The molecule has 5 nitrogen and oxygen atoms in total. The zero-order valence-corrected chi connectivity index (χ0v) is 16.2. The summed E-state index contributed by atoms with van der Waals surface area (Å²) in [6.45, 7) is 4.23. The quantitative estimate of drug-likeness (QED) is 0.602. The van der Waals surface area contributed by atoms with Crippen molar-refractivity contribution in [1.82, 2.24) is 10.2 Å². The number of nitrogens with one attached hydrogen (secondary N) is 1. The number of ether oxygens (including phenoxy) is 2. The number of benzene rings is 2. The van der Waals surface area contributed by atoms with Gasteiger partial charge in [-0.3, -0.25) is 4.99 Å². The maximum absolute atomic E-state index is 5.92. The Morgan fingerprint density at radius 2 is 1.89 bits per heavy atom. The van der Waals surface area contributed by atoms with E-state index in [1.54, 1.807) is 7.11 Å². The molecule has 0 saturated carbocycles. The maximum Gasteiger partial charge on any atom is 0.193 e. The van der Waals surface area contributed by atoms with Crippen LogP contribution in [-0.4, -0.2) is 44.7 Å². The van der Waals surface area contributed by atoms with Crippen LogP contribution >= 0.6 is 0 Å². The summed E-state index contributed by atoms with van der Waals surface area (Å²) in [5.41, 5.74) is 2.43. The maximum atomic E-state index is 5.92. The van der Waals surface area contributed by atoms with Gasteiger partial charge in [0.05, 0.1) is 20.3 Å². The van der Waals surface area contributed by atoms with Gasteiger partial charge in [-0.1, -0.05) is 42.5 Å². The molecular weight excluding hydrogens is 338 g/mol. The number of methoxy groups -OCH3 is 1. The molecule has 144 valence electrons. The molecule has 2 aromatic rings. The SMILES string of the molecule is CN=C(NCc1ccc(OC)cc1)N1CCC(COCc2ccccc2)C1. The Labute approximate surface area is 162 Å². The fourth-order valence-electron chi connectivity index (χ4n) is 3.34. The standard InChI is InChI=1S/C22H29N3O2/c1-23-22(24-14-18-8-10-21(26-2)11-9-18)25-13-12-20(15-25)17-27-16-19-6-4-3-5-7-19/h3-11,20H,12-17H2,1-2H3,(H,23,24). The van der Waals surface area contributed by atoms with Crippen LogP contribution in [0.4, 0.5) is 0 Å². The van der Waals surface area contributed by atoms with Gasteiger partial charge in [0.15, 0.2) is 5.96 Å². The van der Waals surface area contributed by atoms with E-state index in [0.29, 0.717) is 12.5 Å². The molecule has 1 saturated heterocycles. The summed E-state index contributed by atoms with van der Waals surface area (Å²) in [5, 5.41) is 3.46. The highest BCUT2D eigenvalue weighted by Crippen LogP contribution is 2.18. The topological polar surface area (TPSA) is 46.1 Å². The number of hydrogen-bond donors (Lipinski definition) is 1. The highest BCUT2D eigenvalue weighted by atomic mass is 16.5. The lowest BCUT2D eigenvalue weighted by atomic mass is 10.1. The molecule has 0 aromatic heterocycles. The molecule has 0 amide bonds. The summed E-state index contributed by atoms with van der Waals surface area (Å²) >= 11 is 0. The molecule has 1 atom stereocenters. The summed E-state index contributed by atoms with van der Waals surface area (Å²) in [6, 6.07) is 18.4. The first-order valence-corrected chi connectivity index (χ1v) is 9.48. The predicted octanol–water partition coefficient (Wildman–Crippen LogP) is 3.31. The average Bonchev–Trinajstić information content (AvgIpc) is 3.18. The lowest BCUT2D eigenvalue weighted by Gasteiger charge is -2.22. The number of rotatable bonds is 7. The molecule has 5 heteroatoms. The van der Waals surface area contributed by atoms with E-state index in [1.807, 2.05) is 25.2 Å². The second-order valence-corrected chi connectivity index (χ2v) is 6.85. The molecular formula is C22H29N3O2. The number of nitrogens with zero attached hydrogens (tertiary/aromatic N) is 2. The van der Waals surface area contributed by atoms with Crippen LogP contribution in [-0.2, 0) is 17.9 Å². The van der Waals surface area contributed by atoms with Crippen LogP contribution in [0.5, 0.6) is 5.75 Å². The molecule has 2 aromatic carbocycles. The van der Waals surface area contributed by atoms with Crippen LogP contribution in [0.2, 0.25) is 0 Å². The van der Waals surface area contributed by atoms with Crippen molar-refractivity contribution in [3.05, 3.63) is 65.7 Å². The lowest BCUT2D eigenvalue weighted by molar-refractivity contribution is 0.0906. The molecule has 0 radical (unpaired) electrons. The number of likely N-dealkylation sites (tertiary alicyclic amines) is 1. The summed E-state index contributed by atoms with van der Waals surface area (Å²) in [7, 11) is 3.53. The first kappa shape index (κ1) is 19.2. The van der Waals surface area contributed by atoms with E-state index < -0.39 is 0 Å². The van der Waals surface area contributed by atoms with E-state index in [-0.39, 0.29) is 0 Å². The normalized spacial score (nSPS) is 17.2. The fraction of sp³-hybridized carbons (Fsp3) is 0.409. The van der Waals surface area contributed by atoms with Gasteiger partial charge in [-0.25, -0.2) is 0 Å². The Kier molecular flexibility index (Phi) is 7.11. The Bertz CT molecular complexity index is 716. The van der Waals surface area contributed by atoms with Crippen LogP contribution in [0.15, 0.2) is 59.6 Å². The second-order valence-electron chi connectivity index (χ2n) is 6.85. The van der Waals surface area contributed by atoms with E-state index in [1.165, 1.54) is 11.1 Å². The first-order chi connectivity index (χ1) is 13.3. The minimum Gasteiger partial charge on any atom is -0.497 e. The minimum atomic E-state index is 0.549. The van der Waals surface area contributed by atoms with Gasteiger partial charge in [-0.2, -0.15) is 0 Å². The van der Waals surface area contributed by atoms with E-state index in [0.717, 1.165) is 44.4 Å². The summed E-state index contributed by atoms with van der Waals surface area (Å²) in [6.07, 6.45) is 1.14. The predicted molar refractivity (Wildman–Crippen MR) is 109 cm³/mol. The molecule has 0 bridgehead atoms. The Morgan fingerprint density at radius 3 is 2.59 bits per heavy atom. The Hall–Kier alpha value is -2.53. The monoisotopic (exact) mass is 367 g/mol. The van der Waals surface area contributed by atoms with E-state index >= 15 is 0 Å². The van der Waals surface area contributed by atoms with Crippen molar-refractivity contribution in [2.24, 2.45) is 10.9 Å². The molecule has 1 N–H and O–H groups in total. The average molecular weight is 367 g/mol. The minimum absolute atomic E-state index is 0.549. The lowest BCUT2D eigenvalue weighted by Crippen LogP contribution is -2.39. The van der Waals surface area contributed by atoms with Crippen LogP contribution < -0.4 is 10.1 Å². The van der Waals surface area contributed by atoms with Crippen LogP contribution in [0.3, 0.4) is 0 Å². The van der Waals surface area contributed by atoms with Crippen LogP contribution in [0, 0.1) is 5.92 Å². The first-order valence-electron chi connectivity index (χ1n) is 9.48. The highest BCUT2D eigenvalue weighted by Gasteiger charge is 2.24. The van der Waals surface area contributed by atoms with Crippen molar-refractivity contribution in [2.45, 2.75) is 19.6 Å². The van der Waals surface area contributed by atoms with Gasteiger partial charge < -0.3 is 19.7 Å². The fourth-order valence-corrected chi connectivity index (χ4v) is 3.34. The molecule has 1 unspecified atom stereocenters. The Morgan fingerprint density at radius 1 is 1.11 bits per heavy atom. The molecule has 27 heavy (non-hydrogen) atoms. The van der Waals surface area contributed by atoms with Gasteiger partial charge in [-0.15, -0.1) is 0 Å². The summed E-state index contributed by atoms with van der Waals surface area (Å²) in [5.74, 6) is 2.38. The van der Waals surface area contributed by atoms with E-state index in [2.05, 4.69) is 51.6 Å². The zero-order valence-electron chi connectivity index (χ0n) is 16.2. The van der Waals surface area contributed by atoms with Crippen LogP contribution in [0.1, 0.15) is 17.5 Å². The van der Waals surface area contributed by atoms with Crippen molar-refractivity contribution in [1.29, 1.82) is 0 Å². The second kappa shape index (κ2) is 9.97. The number of guanidine groups is 1. The summed E-state index contributed by atoms with van der Waals surface area (Å²) in [4.78, 5) is 6.77. The van der Waals surface area contributed by atoms with Crippen LogP contribution in [0.25, 0.3) is 0 Å². The Balaban J connectivity index is 1.41. The van der Waals surface area contributed by atoms with Gasteiger partial charge in [0, 0.05) is 32.6 Å². The molecule has 1 aliphatic rings. The molecule has 0 aliphatic carbocycles. The van der Waals surface area contributed by atoms with Crippen molar-refractivity contribution >= 4 is 5.96 Å². The molecule has 1 fully saturated rings. The third-order valence-corrected chi connectivity index (χ3v) is 4.87. The van der Waals surface area contributed by atoms with Gasteiger partial charge in [0.2, 0.25) is 0 Å².